The van der Waals surface area contributed by atoms with Crippen molar-refractivity contribution in [2.24, 2.45) is 5.92 Å². The van der Waals surface area contributed by atoms with Gasteiger partial charge in [0.25, 0.3) is 0 Å². The number of benzene rings is 2. The number of amides is 1. The van der Waals surface area contributed by atoms with Gasteiger partial charge in [-0.25, -0.2) is 12.8 Å². The number of rotatable bonds is 6. The largest absolute Gasteiger partial charge is 0.493 e. The fourth-order valence-corrected chi connectivity index (χ4v) is 5.15. The van der Waals surface area contributed by atoms with Crippen molar-refractivity contribution in [3.8, 4) is 16.9 Å². The van der Waals surface area contributed by atoms with Gasteiger partial charge < -0.3 is 10.1 Å². The first kappa shape index (κ1) is 19.4. The molecule has 1 aliphatic heterocycles. The Labute approximate surface area is 158 Å². The van der Waals surface area contributed by atoms with Gasteiger partial charge in [-0.3, -0.25) is 4.79 Å². The molecule has 0 radical (unpaired) electrons. The molecule has 1 amide bonds. The predicted octanol–water partition coefficient (Wildman–Crippen LogP) is 3.65. The maximum Gasteiger partial charge on any atom is 0.221 e. The van der Waals surface area contributed by atoms with Crippen LogP contribution in [-0.4, -0.2) is 32.4 Å². The van der Waals surface area contributed by atoms with Crippen LogP contribution in [0.2, 0.25) is 0 Å². The van der Waals surface area contributed by atoms with Crippen LogP contribution in [0.5, 0.6) is 5.75 Å². The molecule has 1 atom stereocenters. The van der Waals surface area contributed by atoms with Gasteiger partial charge in [0.1, 0.15) is 11.6 Å². The second kappa shape index (κ2) is 8.08. The lowest BCUT2D eigenvalue weighted by Gasteiger charge is -2.12. The van der Waals surface area contributed by atoms with E-state index in [9.17, 15) is 17.6 Å². The van der Waals surface area contributed by atoms with Crippen LogP contribution in [0.3, 0.4) is 0 Å². The summed E-state index contributed by atoms with van der Waals surface area (Å²) in [6.45, 7) is 1.77. The molecule has 2 aromatic carbocycles. The van der Waals surface area contributed by atoms with Gasteiger partial charge in [0.2, 0.25) is 5.91 Å². The highest BCUT2D eigenvalue weighted by molar-refractivity contribution is 7.91. The lowest BCUT2D eigenvalue weighted by atomic mass is 10.0. The maximum absolute atomic E-state index is 14.0. The number of nitrogens with one attached hydrogen (secondary N) is 1. The Hall–Kier alpha value is -2.41. The molecule has 1 N–H and O–H groups in total. The SMILES string of the molecule is CC(=O)Nc1cccc(-c2cc(F)cc(OCCC3CCS(=O)(=O)C3)c2)c1. The van der Waals surface area contributed by atoms with Gasteiger partial charge in [-0.1, -0.05) is 12.1 Å². The van der Waals surface area contributed by atoms with E-state index in [1.54, 1.807) is 24.3 Å². The summed E-state index contributed by atoms with van der Waals surface area (Å²) in [6.07, 6.45) is 1.29. The third kappa shape index (κ3) is 5.53. The molecule has 1 heterocycles. The van der Waals surface area contributed by atoms with E-state index in [0.717, 1.165) is 5.56 Å². The van der Waals surface area contributed by atoms with Crippen molar-refractivity contribution in [3.63, 3.8) is 0 Å². The fourth-order valence-electron chi connectivity index (χ4n) is 3.24. The standard InChI is InChI=1S/C20H22FNO4S/c1-14(23)22-19-4-2-3-16(10-19)17-9-18(21)12-20(11-17)26-7-5-15-6-8-27(24,25)13-15/h2-4,9-12,15H,5-8,13H2,1H3,(H,22,23). The van der Waals surface area contributed by atoms with E-state index in [1.165, 1.54) is 19.1 Å². The zero-order chi connectivity index (χ0) is 19.4. The van der Waals surface area contributed by atoms with Crippen LogP contribution >= 0.6 is 0 Å². The summed E-state index contributed by atoms with van der Waals surface area (Å²) >= 11 is 0. The normalized spacial score (nSPS) is 18.2. The van der Waals surface area contributed by atoms with Gasteiger partial charge in [0, 0.05) is 18.7 Å². The minimum Gasteiger partial charge on any atom is -0.493 e. The zero-order valence-corrected chi connectivity index (χ0v) is 15.9. The fraction of sp³-hybridized carbons (Fsp3) is 0.350. The van der Waals surface area contributed by atoms with Crippen LogP contribution in [0, 0.1) is 11.7 Å². The van der Waals surface area contributed by atoms with Gasteiger partial charge in [-0.2, -0.15) is 0 Å². The van der Waals surface area contributed by atoms with Crippen LogP contribution in [0.25, 0.3) is 11.1 Å². The van der Waals surface area contributed by atoms with E-state index in [2.05, 4.69) is 5.32 Å². The third-order valence-corrected chi connectivity index (χ3v) is 6.35. The van der Waals surface area contributed by atoms with Crippen molar-refractivity contribution in [2.75, 3.05) is 23.4 Å². The van der Waals surface area contributed by atoms with Crippen molar-refractivity contribution >= 4 is 21.4 Å². The molecule has 1 aliphatic rings. The predicted molar refractivity (Wildman–Crippen MR) is 103 cm³/mol. The van der Waals surface area contributed by atoms with E-state index >= 15 is 0 Å². The summed E-state index contributed by atoms with van der Waals surface area (Å²) in [5, 5.41) is 2.70. The van der Waals surface area contributed by atoms with Crippen molar-refractivity contribution in [1.82, 2.24) is 0 Å². The van der Waals surface area contributed by atoms with Crippen LogP contribution in [-0.2, 0) is 14.6 Å². The number of sulfone groups is 1. The molecule has 1 fully saturated rings. The topological polar surface area (TPSA) is 72.5 Å². The van der Waals surface area contributed by atoms with Gasteiger partial charge in [0.15, 0.2) is 9.84 Å². The van der Waals surface area contributed by atoms with Gasteiger partial charge in [-0.05, 0) is 54.2 Å². The smallest absolute Gasteiger partial charge is 0.221 e. The van der Waals surface area contributed by atoms with E-state index in [-0.39, 0.29) is 23.3 Å². The summed E-state index contributed by atoms with van der Waals surface area (Å²) < 4.78 is 42.7. The average Bonchev–Trinajstić information content (AvgIpc) is 2.93. The van der Waals surface area contributed by atoms with E-state index in [0.29, 0.717) is 36.4 Å². The molecule has 5 nitrogen and oxygen atoms in total. The Bertz CT molecular complexity index is 943. The minimum absolute atomic E-state index is 0.109. The second-order valence-corrected chi connectivity index (χ2v) is 9.07. The quantitative estimate of drug-likeness (QED) is 0.816. The Kier molecular flexibility index (Phi) is 5.79. The molecule has 0 aromatic heterocycles. The Morgan fingerprint density at radius 1 is 1.22 bits per heavy atom. The maximum atomic E-state index is 14.0. The number of carbonyl (C=O) groups excluding carboxylic acids is 1. The summed E-state index contributed by atoms with van der Waals surface area (Å²) in [7, 11) is -2.90. The zero-order valence-electron chi connectivity index (χ0n) is 15.1. The number of carbonyl (C=O) groups is 1. The Morgan fingerprint density at radius 3 is 2.74 bits per heavy atom. The molecule has 0 aliphatic carbocycles. The monoisotopic (exact) mass is 391 g/mol. The summed E-state index contributed by atoms with van der Waals surface area (Å²) in [5.74, 6) is 0.362. The first-order valence-corrected chi connectivity index (χ1v) is 10.6. The number of halogens is 1. The number of hydrogen-bond donors (Lipinski definition) is 1. The van der Waals surface area contributed by atoms with Gasteiger partial charge in [-0.15, -0.1) is 0 Å². The van der Waals surface area contributed by atoms with E-state index in [4.69, 9.17) is 4.74 Å². The minimum atomic E-state index is -2.90. The highest BCUT2D eigenvalue weighted by Gasteiger charge is 2.27. The highest BCUT2D eigenvalue weighted by Crippen LogP contribution is 2.28. The molecule has 1 unspecified atom stereocenters. The molecule has 1 saturated heterocycles. The van der Waals surface area contributed by atoms with Gasteiger partial charge in [0.05, 0.1) is 18.1 Å². The van der Waals surface area contributed by atoms with Crippen molar-refractivity contribution < 1.29 is 22.3 Å². The molecular weight excluding hydrogens is 369 g/mol. The molecule has 0 saturated carbocycles. The second-order valence-electron chi connectivity index (χ2n) is 6.84. The number of ether oxygens (including phenoxy) is 1. The Balaban J connectivity index is 1.68. The summed E-state index contributed by atoms with van der Waals surface area (Å²) in [4.78, 5) is 11.2. The summed E-state index contributed by atoms with van der Waals surface area (Å²) in [5.41, 5.74) is 2.03. The first-order chi connectivity index (χ1) is 12.8. The van der Waals surface area contributed by atoms with Crippen LogP contribution < -0.4 is 10.1 Å². The van der Waals surface area contributed by atoms with Gasteiger partial charge >= 0.3 is 0 Å². The molecule has 0 bridgehead atoms. The number of anilines is 1. The van der Waals surface area contributed by atoms with Crippen LogP contribution in [0.15, 0.2) is 42.5 Å². The number of hydrogen-bond acceptors (Lipinski definition) is 4. The lowest BCUT2D eigenvalue weighted by molar-refractivity contribution is -0.114. The molecule has 3 rings (SSSR count). The first-order valence-electron chi connectivity index (χ1n) is 8.82. The van der Waals surface area contributed by atoms with Crippen molar-refractivity contribution in [1.29, 1.82) is 0 Å². The van der Waals surface area contributed by atoms with Crippen LogP contribution in [0.4, 0.5) is 10.1 Å². The third-order valence-electron chi connectivity index (χ3n) is 4.51. The molecular formula is C20H22FNO4S. The van der Waals surface area contributed by atoms with Crippen molar-refractivity contribution in [3.05, 3.63) is 48.3 Å². The molecule has 7 heteroatoms. The molecule has 27 heavy (non-hydrogen) atoms. The van der Waals surface area contributed by atoms with Crippen LogP contribution in [0.1, 0.15) is 19.8 Å². The summed E-state index contributed by atoms with van der Waals surface area (Å²) in [6, 6.07) is 11.6. The van der Waals surface area contributed by atoms with E-state index in [1.807, 2.05) is 6.07 Å². The Morgan fingerprint density at radius 2 is 2.04 bits per heavy atom. The van der Waals surface area contributed by atoms with Crippen molar-refractivity contribution in [2.45, 2.75) is 19.8 Å². The lowest BCUT2D eigenvalue weighted by Crippen LogP contribution is -2.09. The highest BCUT2D eigenvalue weighted by atomic mass is 32.2. The van der Waals surface area contributed by atoms with E-state index < -0.39 is 15.7 Å². The molecule has 144 valence electrons. The molecule has 2 aromatic rings. The molecule has 0 spiro atoms. The average molecular weight is 391 g/mol.